The Balaban J connectivity index is 0.000000162. The molecule has 62 valence electrons. The van der Waals surface area contributed by atoms with Gasteiger partial charge in [-0.15, -0.1) is 0 Å². The fourth-order valence-corrected chi connectivity index (χ4v) is 0.555. The first-order valence-electron chi connectivity index (χ1n) is 4.18. The van der Waals surface area contributed by atoms with Crippen molar-refractivity contribution in [3.8, 4) is 0 Å². The van der Waals surface area contributed by atoms with Gasteiger partial charge in [-0.3, -0.25) is 0 Å². The van der Waals surface area contributed by atoms with Gasteiger partial charge in [0.2, 0.25) is 0 Å². The molecular weight excluding hydrogens is 124 g/mol. The van der Waals surface area contributed by atoms with Crippen LogP contribution in [0.5, 0.6) is 0 Å². The second-order valence-corrected chi connectivity index (χ2v) is 3.02. The van der Waals surface area contributed by atoms with Gasteiger partial charge in [0.15, 0.2) is 0 Å². The fraction of sp³-hybridized carbons (Fsp3) is 1.00. The standard InChI is InChI=1S/C4H9N.C4H11N/c1-3-2-4(3)5;1-2-3-4-5/h3-4H,2,5H2,1H3;2-5H2,1H3. The molecule has 0 bridgehead atoms. The number of hydrogen-bond acceptors (Lipinski definition) is 2. The molecule has 0 radical (unpaired) electrons. The summed E-state index contributed by atoms with van der Waals surface area (Å²) < 4.78 is 0. The Kier molecular flexibility index (Phi) is 5.64. The van der Waals surface area contributed by atoms with Gasteiger partial charge in [0.05, 0.1) is 0 Å². The van der Waals surface area contributed by atoms with Crippen LogP contribution in [-0.4, -0.2) is 12.6 Å². The summed E-state index contributed by atoms with van der Waals surface area (Å²) in [6.07, 6.45) is 3.64. The average Bonchev–Trinajstić information content (AvgIpc) is 2.49. The molecule has 1 rings (SSSR count). The van der Waals surface area contributed by atoms with E-state index >= 15 is 0 Å². The van der Waals surface area contributed by atoms with Crippen LogP contribution in [0.3, 0.4) is 0 Å². The molecule has 10 heavy (non-hydrogen) atoms. The first-order valence-corrected chi connectivity index (χ1v) is 4.18. The van der Waals surface area contributed by atoms with Crippen LogP contribution in [0.25, 0.3) is 0 Å². The molecule has 2 nitrogen and oxygen atoms in total. The third kappa shape index (κ3) is 6.05. The van der Waals surface area contributed by atoms with E-state index in [0.29, 0.717) is 6.04 Å². The first-order chi connectivity index (χ1) is 4.72. The molecule has 1 fully saturated rings. The predicted molar refractivity (Wildman–Crippen MR) is 45.7 cm³/mol. The van der Waals surface area contributed by atoms with Crippen molar-refractivity contribution in [3.63, 3.8) is 0 Å². The molecule has 4 N–H and O–H groups in total. The molecule has 0 spiro atoms. The molecule has 0 aromatic rings. The van der Waals surface area contributed by atoms with Crippen molar-refractivity contribution in [2.45, 2.75) is 39.2 Å². The Morgan fingerprint density at radius 2 is 1.90 bits per heavy atom. The van der Waals surface area contributed by atoms with Crippen molar-refractivity contribution in [2.75, 3.05) is 6.54 Å². The topological polar surface area (TPSA) is 52.0 Å². The largest absolute Gasteiger partial charge is 0.330 e. The van der Waals surface area contributed by atoms with Gasteiger partial charge < -0.3 is 11.5 Å². The lowest BCUT2D eigenvalue weighted by atomic mass is 10.3. The zero-order chi connectivity index (χ0) is 7.98. The molecule has 0 saturated heterocycles. The fourth-order valence-electron chi connectivity index (χ4n) is 0.555. The van der Waals surface area contributed by atoms with E-state index in [0.717, 1.165) is 12.5 Å². The van der Waals surface area contributed by atoms with Crippen LogP contribution in [-0.2, 0) is 0 Å². The molecular formula is C8H20N2. The van der Waals surface area contributed by atoms with Crippen molar-refractivity contribution in [1.29, 1.82) is 0 Å². The molecule has 1 aliphatic rings. The summed E-state index contributed by atoms with van der Waals surface area (Å²) in [6.45, 7) is 5.15. The minimum Gasteiger partial charge on any atom is -0.330 e. The molecule has 2 atom stereocenters. The Morgan fingerprint density at radius 3 is 1.90 bits per heavy atom. The molecule has 2 unspecified atom stereocenters. The van der Waals surface area contributed by atoms with Crippen LogP contribution < -0.4 is 11.5 Å². The monoisotopic (exact) mass is 144 g/mol. The minimum absolute atomic E-state index is 0.551. The zero-order valence-corrected chi connectivity index (χ0v) is 7.14. The summed E-state index contributed by atoms with van der Waals surface area (Å²) in [6, 6.07) is 0.551. The van der Waals surface area contributed by atoms with Crippen LogP contribution >= 0.6 is 0 Å². The summed E-state index contributed by atoms with van der Waals surface area (Å²) in [7, 11) is 0. The Labute approximate surface area is 64.0 Å². The number of unbranched alkanes of at least 4 members (excludes halogenated alkanes) is 1. The summed E-state index contributed by atoms with van der Waals surface area (Å²) in [5.41, 5.74) is 10.5. The maximum atomic E-state index is 5.37. The molecule has 1 saturated carbocycles. The van der Waals surface area contributed by atoms with Crippen molar-refractivity contribution < 1.29 is 0 Å². The SMILES string of the molecule is CC1CC1N.CCCCN. The Hall–Kier alpha value is -0.0800. The quantitative estimate of drug-likeness (QED) is 0.609. The highest BCUT2D eigenvalue weighted by Crippen LogP contribution is 2.25. The summed E-state index contributed by atoms with van der Waals surface area (Å²) >= 11 is 0. The van der Waals surface area contributed by atoms with E-state index < -0.39 is 0 Å². The normalized spacial score (nSPS) is 28.8. The summed E-state index contributed by atoms with van der Waals surface area (Å²) in [4.78, 5) is 0. The lowest BCUT2D eigenvalue weighted by molar-refractivity contribution is 0.807. The average molecular weight is 144 g/mol. The third-order valence-corrected chi connectivity index (χ3v) is 1.73. The van der Waals surface area contributed by atoms with Gasteiger partial charge in [0.25, 0.3) is 0 Å². The molecule has 0 aromatic carbocycles. The Morgan fingerprint density at radius 1 is 1.50 bits per heavy atom. The van der Waals surface area contributed by atoms with E-state index in [1.54, 1.807) is 0 Å². The van der Waals surface area contributed by atoms with E-state index in [1.807, 2.05) is 0 Å². The van der Waals surface area contributed by atoms with Crippen molar-refractivity contribution >= 4 is 0 Å². The molecule has 1 aliphatic carbocycles. The summed E-state index contributed by atoms with van der Waals surface area (Å²) in [5.74, 6) is 0.829. The van der Waals surface area contributed by atoms with Gasteiger partial charge in [0.1, 0.15) is 0 Å². The van der Waals surface area contributed by atoms with Crippen LogP contribution in [0.15, 0.2) is 0 Å². The smallest absolute Gasteiger partial charge is 0.00682 e. The second-order valence-electron chi connectivity index (χ2n) is 3.02. The highest BCUT2D eigenvalue weighted by Gasteiger charge is 2.27. The van der Waals surface area contributed by atoms with Gasteiger partial charge in [-0.1, -0.05) is 20.3 Å². The second kappa shape index (κ2) is 5.69. The van der Waals surface area contributed by atoms with Gasteiger partial charge in [-0.05, 0) is 25.3 Å². The van der Waals surface area contributed by atoms with Crippen molar-refractivity contribution in [2.24, 2.45) is 17.4 Å². The zero-order valence-electron chi connectivity index (χ0n) is 7.14. The van der Waals surface area contributed by atoms with E-state index in [9.17, 15) is 0 Å². The van der Waals surface area contributed by atoms with Gasteiger partial charge in [-0.2, -0.15) is 0 Å². The van der Waals surface area contributed by atoms with Crippen LogP contribution in [0, 0.1) is 5.92 Å². The van der Waals surface area contributed by atoms with E-state index in [-0.39, 0.29) is 0 Å². The Bertz CT molecular complexity index is 65.7. The predicted octanol–water partition coefficient (Wildman–Crippen LogP) is 1.10. The third-order valence-electron chi connectivity index (χ3n) is 1.73. The molecule has 0 aliphatic heterocycles. The highest BCUT2D eigenvalue weighted by atomic mass is 14.7. The van der Waals surface area contributed by atoms with Crippen LogP contribution in [0.4, 0.5) is 0 Å². The minimum atomic E-state index is 0.551. The highest BCUT2D eigenvalue weighted by molar-refractivity contribution is 4.85. The van der Waals surface area contributed by atoms with Gasteiger partial charge in [-0.25, -0.2) is 0 Å². The van der Waals surface area contributed by atoms with E-state index in [1.165, 1.54) is 19.3 Å². The molecule has 2 heteroatoms. The maximum absolute atomic E-state index is 5.37. The number of hydrogen-bond donors (Lipinski definition) is 2. The number of rotatable bonds is 2. The molecule has 0 amide bonds. The summed E-state index contributed by atoms with van der Waals surface area (Å²) in [5, 5.41) is 0. The van der Waals surface area contributed by atoms with Gasteiger partial charge in [0, 0.05) is 6.04 Å². The van der Waals surface area contributed by atoms with E-state index in [2.05, 4.69) is 13.8 Å². The first kappa shape index (κ1) is 9.92. The van der Waals surface area contributed by atoms with Crippen LogP contribution in [0.2, 0.25) is 0 Å². The van der Waals surface area contributed by atoms with Gasteiger partial charge >= 0.3 is 0 Å². The number of nitrogens with two attached hydrogens (primary N) is 2. The maximum Gasteiger partial charge on any atom is 0.00682 e. The van der Waals surface area contributed by atoms with E-state index in [4.69, 9.17) is 11.5 Å². The van der Waals surface area contributed by atoms with Crippen molar-refractivity contribution in [1.82, 2.24) is 0 Å². The lowest BCUT2D eigenvalue weighted by Crippen LogP contribution is -1.98. The molecule has 0 aromatic heterocycles. The lowest BCUT2D eigenvalue weighted by Gasteiger charge is -1.80. The molecule has 0 heterocycles. The van der Waals surface area contributed by atoms with Crippen LogP contribution in [0.1, 0.15) is 33.1 Å². The van der Waals surface area contributed by atoms with Crippen molar-refractivity contribution in [3.05, 3.63) is 0 Å².